The number of nitrogens with zero attached hydrogens (tertiary/aromatic N) is 1. The van der Waals surface area contributed by atoms with E-state index in [1.165, 1.54) is 0 Å². The fraction of sp³-hybridized carbons (Fsp3) is 0.0625. The molecule has 2 aromatic carbocycles. The van der Waals surface area contributed by atoms with Crippen LogP contribution in [-0.4, -0.2) is 5.16 Å². The van der Waals surface area contributed by atoms with Gasteiger partial charge in [0, 0.05) is 10.6 Å². The molecule has 5 heteroatoms. The number of nitrogens with two attached hydrogens (primary N) is 1. The number of aromatic nitrogens is 1. The SMILES string of the molecule is Cc1ccc(-c2onc(N)c2-c2cccc(Cl)c2)c(Cl)c1. The standard InChI is InChI=1S/C16H12Cl2N2O/c1-9-5-6-12(13(18)7-9)15-14(16(19)20-21-15)10-3-2-4-11(17)8-10/h2-8H,1H3,(H2,19,20). The first-order chi connectivity index (χ1) is 10.1. The van der Waals surface area contributed by atoms with E-state index in [1.54, 1.807) is 6.07 Å². The van der Waals surface area contributed by atoms with Gasteiger partial charge in [0.15, 0.2) is 11.6 Å². The van der Waals surface area contributed by atoms with Gasteiger partial charge in [0.05, 0.1) is 10.6 Å². The maximum absolute atomic E-state index is 6.31. The molecule has 1 aromatic heterocycles. The van der Waals surface area contributed by atoms with Crippen molar-refractivity contribution < 1.29 is 4.52 Å². The molecule has 0 bridgehead atoms. The normalized spacial score (nSPS) is 10.8. The molecule has 3 aromatic rings. The molecule has 0 amide bonds. The van der Waals surface area contributed by atoms with Gasteiger partial charge in [0.2, 0.25) is 0 Å². The average molecular weight is 319 g/mol. The minimum absolute atomic E-state index is 0.309. The molecule has 3 nitrogen and oxygen atoms in total. The fourth-order valence-electron chi connectivity index (χ4n) is 2.21. The van der Waals surface area contributed by atoms with E-state index in [2.05, 4.69) is 5.16 Å². The van der Waals surface area contributed by atoms with Gasteiger partial charge in [-0.15, -0.1) is 0 Å². The highest BCUT2D eigenvalue weighted by Crippen LogP contribution is 2.40. The van der Waals surface area contributed by atoms with Crippen LogP contribution in [0.4, 0.5) is 5.82 Å². The molecule has 0 radical (unpaired) electrons. The number of hydrogen-bond acceptors (Lipinski definition) is 3. The van der Waals surface area contributed by atoms with Crippen molar-refractivity contribution in [3.05, 3.63) is 58.1 Å². The summed E-state index contributed by atoms with van der Waals surface area (Å²) >= 11 is 12.4. The number of halogens is 2. The van der Waals surface area contributed by atoms with Gasteiger partial charge in [-0.3, -0.25) is 0 Å². The topological polar surface area (TPSA) is 52.0 Å². The third-order valence-electron chi connectivity index (χ3n) is 3.20. The third-order valence-corrected chi connectivity index (χ3v) is 3.75. The van der Waals surface area contributed by atoms with E-state index in [0.717, 1.165) is 16.7 Å². The second-order valence-electron chi connectivity index (χ2n) is 4.77. The Morgan fingerprint density at radius 1 is 1.10 bits per heavy atom. The van der Waals surface area contributed by atoms with Crippen LogP contribution in [0.1, 0.15) is 5.56 Å². The van der Waals surface area contributed by atoms with E-state index in [-0.39, 0.29) is 0 Å². The molecular formula is C16H12Cl2N2O. The van der Waals surface area contributed by atoms with Crippen LogP contribution in [0.25, 0.3) is 22.5 Å². The first-order valence-electron chi connectivity index (χ1n) is 6.34. The molecule has 106 valence electrons. The van der Waals surface area contributed by atoms with Crippen molar-refractivity contribution in [1.29, 1.82) is 0 Å². The summed E-state index contributed by atoms with van der Waals surface area (Å²) in [4.78, 5) is 0. The Bertz CT molecular complexity index is 812. The second kappa shape index (κ2) is 5.43. The fourth-order valence-corrected chi connectivity index (χ4v) is 2.72. The second-order valence-corrected chi connectivity index (χ2v) is 5.61. The summed E-state index contributed by atoms with van der Waals surface area (Å²) in [6.45, 7) is 1.97. The molecule has 0 saturated carbocycles. The highest BCUT2D eigenvalue weighted by atomic mass is 35.5. The molecule has 0 aliphatic carbocycles. The maximum Gasteiger partial charge on any atom is 0.178 e. The lowest BCUT2D eigenvalue weighted by Crippen LogP contribution is -1.89. The van der Waals surface area contributed by atoms with Gasteiger partial charge < -0.3 is 10.3 Å². The van der Waals surface area contributed by atoms with Gasteiger partial charge in [0.1, 0.15) is 0 Å². The van der Waals surface area contributed by atoms with Crippen molar-refractivity contribution >= 4 is 29.0 Å². The summed E-state index contributed by atoms with van der Waals surface area (Å²) in [6.07, 6.45) is 0. The summed E-state index contributed by atoms with van der Waals surface area (Å²) in [5.41, 5.74) is 9.31. The van der Waals surface area contributed by atoms with Crippen molar-refractivity contribution in [2.45, 2.75) is 6.92 Å². The molecule has 0 aliphatic rings. The Hall–Kier alpha value is -1.97. The van der Waals surface area contributed by atoms with Crippen molar-refractivity contribution in [2.24, 2.45) is 0 Å². The van der Waals surface area contributed by atoms with Gasteiger partial charge >= 0.3 is 0 Å². The van der Waals surface area contributed by atoms with Crippen LogP contribution in [0.3, 0.4) is 0 Å². The zero-order valence-electron chi connectivity index (χ0n) is 11.2. The van der Waals surface area contributed by atoms with E-state index < -0.39 is 0 Å². The molecule has 3 rings (SSSR count). The highest BCUT2D eigenvalue weighted by Gasteiger charge is 2.19. The van der Waals surface area contributed by atoms with Crippen LogP contribution in [0.15, 0.2) is 47.0 Å². The molecule has 0 fully saturated rings. The number of nitrogen functional groups attached to an aromatic ring is 1. The van der Waals surface area contributed by atoms with Gasteiger partial charge in [-0.25, -0.2) is 0 Å². The Labute approximate surface area is 132 Å². The van der Waals surface area contributed by atoms with Gasteiger partial charge in [0.25, 0.3) is 0 Å². The zero-order chi connectivity index (χ0) is 15.0. The Morgan fingerprint density at radius 2 is 1.90 bits per heavy atom. The average Bonchev–Trinajstić information content (AvgIpc) is 2.80. The lowest BCUT2D eigenvalue weighted by molar-refractivity contribution is 0.436. The number of hydrogen-bond donors (Lipinski definition) is 1. The molecule has 0 spiro atoms. The summed E-state index contributed by atoms with van der Waals surface area (Å²) in [5, 5.41) is 5.08. The first-order valence-corrected chi connectivity index (χ1v) is 7.09. The predicted octanol–water partition coefficient (Wildman–Crippen LogP) is 5.21. The van der Waals surface area contributed by atoms with Crippen LogP contribution in [0.2, 0.25) is 10.0 Å². The first kappa shape index (κ1) is 14.0. The summed E-state index contributed by atoms with van der Waals surface area (Å²) in [6, 6.07) is 13.1. The maximum atomic E-state index is 6.31. The monoisotopic (exact) mass is 318 g/mol. The largest absolute Gasteiger partial charge is 0.380 e. The van der Waals surface area contributed by atoms with E-state index in [0.29, 0.717) is 27.2 Å². The van der Waals surface area contributed by atoms with Crippen molar-refractivity contribution in [2.75, 3.05) is 5.73 Å². The number of anilines is 1. The van der Waals surface area contributed by atoms with Crippen LogP contribution in [0, 0.1) is 6.92 Å². The van der Waals surface area contributed by atoms with Crippen LogP contribution in [0.5, 0.6) is 0 Å². The Kier molecular flexibility index (Phi) is 3.62. The number of benzene rings is 2. The van der Waals surface area contributed by atoms with Crippen LogP contribution in [-0.2, 0) is 0 Å². The van der Waals surface area contributed by atoms with Gasteiger partial charge in [-0.05, 0) is 42.3 Å². The quantitative estimate of drug-likeness (QED) is 0.706. The third kappa shape index (κ3) is 2.62. The summed E-state index contributed by atoms with van der Waals surface area (Å²) in [7, 11) is 0. The molecule has 0 aliphatic heterocycles. The molecule has 0 atom stereocenters. The smallest absolute Gasteiger partial charge is 0.178 e. The number of aryl methyl sites for hydroxylation is 1. The highest BCUT2D eigenvalue weighted by molar-refractivity contribution is 6.33. The lowest BCUT2D eigenvalue weighted by atomic mass is 10.0. The molecule has 1 heterocycles. The van der Waals surface area contributed by atoms with Crippen molar-refractivity contribution in [3.63, 3.8) is 0 Å². The summed E-state index contributed by atoms with van der Waals surface area (Å²) in [5.74, 6) is 0.851. The minimum Gasteiger partial charge on any atom is -0.380 e. The predicted molar refractivity (Wildman–Crippen MR) is 86.5 cm³/mol. The van der Waals surface area contributed by atoms with Gasteiger partial charge in [-0.2, -0.15) is 0 Å². The van der Waals surface area contributed by atoms with E-state index in [9.17, 15) is 0 Å². The van der Waals surface area contributed by atoms with Crippen molar-refractivity contribution in [1.82, 2.24) is 5.16 Å². The van der Waals surface area contributed by atoms with Crippen molar-refractivity contribution in [3.8, 4) is 22.5 Å². The summed E-state index contributed by atoms with van der Waals surface area (Å²) < 4.78 is 5.39. The van der Waals surface area contributed by atoms with Gasteiger partial charge in [-0.1, -0.05) is 46.6 Å². The zero-order valence-corrected chi connectivity index (χ0v) is 12.7. The minimum atomic E-state index is 0.309. The Morgan fingerprint density at radius 3 is 2.62 bits per heavy atom. The molecule has 2 N–H and O–H groups in total. The molecule has 21 heavy (non-hydrogen) atoms. The molecule has 0 unspecified atom stereocenters. The molecule has 0 saturated heterocycles. The van der Waals surface area contributed by atoms with E-state index in [1.807, 2.05) is 43.3 Å². The lowest BCUT2D eigenvalue weighted by Gasteiger charge is -2.06. The van der Waals surface area contributed by atoms with E-state index >= 15 is 0 Å². The van der Waals surface area contributed by atoms with Crippen LogP contribution >= 0.6 is 23.2 Å². The van der Waals surface area contributed by atoms with Crippen LogP contribution < -0.4 is 5.73 Å². The Balaban J connectivity index is 2.22. The molecular weight excluding hydrogens is 307 g/mol. The van der Waals surface area contributed by atoms with E-state index in [4.69, 9.17) is 33.5 Å². The number of rotatable bonds is 2.